The molecule has 30 heavy (non-hydrogen) atoms. The van der Waals surface area contributed by atoms with Crippen molar-refractivity contribution < 1.29 is 9.21 Å². The summed E-state index contributed by atoms with van der Waals surface area (Å²) in [6.45, 7) is 2.82. The van der Waals surface area contributed by atoms with E-state index in [1.54, 1.807) is 24.7 Å². The Morgan fingerprint density at radius 2 is 1.90 bits per heavy atom. The van der Waals surface area contributed by atoms with E-state index in [4.69, 9.17) is 4.42 Å². The number of hydrogen-bond donors (Lipinski definition) is 1. The van der Waals surface area contributed by atoms with Gasteiger partial charge in [-0.15, -0.1) is 10.2 Å². The Morgan fingerprint density at radius 3 is 2.63 bits per heavy atom. The van der Waals surface area contributed by atoms with E-state index in [2.05, 4.69) is 32.6 Å². The van der Waals surface area contributed by atoms with Crippen LogP contribution in [0.15, 0.2) is 82.8 Å². The number of furan rings is 1. The highest BCUT2D eigenvalue weighted by molar-refractivity contribution is 8.00. The highest BCUT2D eigenvalue weighted by atomic mass is 32.2. The first-order valence-corrected chi connectivity index (χ1v) is 10.4. The number of nitrogens with one attached hydrogen (secondary N) is 1. The molecule has 1 atom stereocenters. The maximum atomic E-state index is 12.5. The van der Waals surface area contributed by atoms with Crippen LogP contribution < -0.4 is 5.32 Å². The minimum Gasteiger partial charge on any atom is -0.467 e. The Hall–Kier alpha value is -3.39. The largest absolute Gasteiger partial charge is 0.467 e. The zero-order valence-corrected chi connectivity index (χ0v) is 17.2. The van der Waals surface area contributed by atoms with Crippen molar-refractivity contribution in [2.45, 2.75) is 30.4 Å². The van der Waals surface area contributed by atoms with E-state index in [1.807, 2.05) is 47.9 Å². The van der Waals surface area contributed by atoms with Gasteiger partial charge in [-0.05, 0) is 36.8 Å². The zero-order valence-electron chi connectivity index (χ0n) is 16.4. The third kappa shape index (κ3) is 4.77. The molecule has 0 bridgehead atoms. The molecule has 1 amide bonds. The fourth-order valence-corrected chi connectivity index (χ4v) is 3.81. The van der Waals surface area contributed by atoms with Crippen molar-refractivity contribution >= 4 is 17.7 Å². The lowest BCUT2D eigenvalue weighted by Gasteiger charge is -2.14. The van der Waals surface area contributed by atoms with Gasteiger partial charge in [0.05, 0.1) is 24.6 Å². The zero-order chi connectivity index (χ0) is 20.8. The molecule has 0 aliphatic rings. The number of pyridine rings is 1. The predicted molar refractivity (Wildman–Crippen MR) is 115 cm³/mol. The highest BCUT2D eigenvalue weighted by Crippen LogP contribution is 2.27. The Kier molecular flexibility index (Phi) is 6.24. The topological polar surface area (TPSA) is 85.8 Å². The third-order valence-corrected chi connectivity index (χ3v) is 5.59. The minimum atomic E-state index is -0.344. The van der Waals surface area contributed by atoms with Gasteiger partial charge in [-0.2, -0.15) is 0 Å². The molecule has 4 rings (SSSR count). The van der Waals surface area contributed by atoms with E-state index >= 15 is 0 Å². The first-order chi connectivity index (χ1) is 14.7. The highest BCUT2D eigenvalue weighted by Gasteiger charge is 2.21. The van der Waals surface area contributed by atoms with E-state index in [-0.39, 0.29) is 11.2 Å². The van der Waals surface area contributed by atoms with Crippen LogP contribution in [0.1, 0.15) is 18.2 Å². The fraction of sp³-hybridized carbons (Fsp3) is 0.182. The van der Waals surface area contributed by atoms with Gasteiger partial charge in [0, 0.05) is 18.0 Å². The second-order valence-corrected chi connectivity index (χ2v) is 7.98. The molecule has 0 fully saturated rings. The van der Waals surface area contributed by atoms with Crippen LogP contribution >= 0.6 is 11.8 Å². The molecular formula is C22H21N5O2S. The van der Waals surface area contributed by atoms with Crippen LogP contribution in [0, 0.1) is 0 Å². The van der Waals surface area contributed by atoms with Gasteiger partial charge in [0.15, 0.2) is 11.0 Å². The number of benzene rings is 1. The second kappa shape index (κ2) is 9.41. The molecule has 3 aromatic heterocycles. The number of carbonyl (C=O) groups is 1. The lowest BCUT2D eigenvalue weighted by molar-refractivity contribution is -0.120. The van der Waals surface area contributed by atoms with Crippen LogP contribution in [0.4, 0.5) is 0 Å². The maximum absolute atomic E-state index is 12.5. The van der Waals surface area contributed by atoms with E-state index < -0.39 is 0 Å². The summed E-state index contributed by atoms with van der Waals surface area (Å²) in [7, 11) is 0. The van der Waals surface area contributed by atoms with Gasteiger partial charge in [0.25, 0.3) is 0 Å². The van der Waals surface area contributed by atoms with Gasteiger partial charge in [0.1, 0.15) is 5.76 Å². The Bertz CT molecular complexity index is 1080. The molecule has 1 N–H and O–H groups in total. The second-order valence-electron chi connectivity index (χ2n) is 6.67. The molecular weight excluding hydrogens is 398 g/mol. The SMILES string of the molecule is C[C@H](Sc1nnc(-c2ccncc2)n1Cc1ccccc1)C(=O)NCc1ccco1. The van der Waals surface area contributed by atoms with E-state index in [9.17, 15) is 4.79 Å². The first-order valence-electron chi connectivity index (χ1n) is 9.55. The molecule has 0 saturated heterocycles. The van der Waals surface area contributed by atoms with Crippen molar-refractivity contribution in [2.75, 3.05) is 0 Å². The van der Waals surface area contributed by atoms with Crippen LogP contribution in [0.3, 0.4) is 0 Å². The van der Waals surface area contributed by atoms with Gasteiger partial charge < -0.3 is 9.73 Å². The van der Waals surface area contributed by atoms with Crippen LogP contribution in [0.2, 0.25) is 0 Å². The number of nitrogens with zero attached hydrogens (tertiary/aromatic N) is 4. The molecule has 8 heteroatoms. The predicted octanol–water partition coefficient (Wildman–Crippen LogP) is 3.78. The van der Waals surface area contributed by atoms with Crippen molar-refractivity contribution in [3.63, 3.8) is 0 Å². The monoisotopic (exact) mass is 419 g/mol. The normalized spacial score (nSPS) is 11.9. The number of amides is 1. The number of aromatic nitrogens is 4. The number of thioether (sulfide) groups is 1. The molecule has 0 saturated carbocycles. The summed E-state index contributed by atoms with van der Waals surface area (Å²) in [6, 6.07) is 17.5. The summed E-state index contributed by atoms with van der Waals surface area (Å²) < 4.78 is 7.30. The first kappa shape index (κ1) is 19.9. The molecule has 0 radical (unpaired) electrons. The Balaban J connectivity index is 1.54. The van der Waals surface area contributed by atoms with Crippen LogP contribution in [0.5, 0.6) is 0 Å². The number of rotatable bonds is 8. The molecule has 3 heterocycles. The van der Waals surface area contributed by atoms with E-state index in [0.717, 1.165) is 17.0 Å². The van der Waals surface area contributed by atoms with Crippen molar-refractivity contribution in [3.05, 3.63) is 84.6 Å². The van der Waals surface area contributed by atoms with Crippen LogP contribution in [-0.4, -0.2) is 30.9 Å². The third-order valence-electron chi connectivity index (χ3n) is 4.51. The van der Waals surface area contributed by atoms with Crippen LogP contribution in [-0.2, 0) is 17.9 Å². The summed E-state index contributed by atoms with van der Waals surface area (Å²) in [5.41, 5.74) is 2.06. The molecule has 1 aromatic carbocycles. The summed E-state index contributed by atoms with van der Waals surface area (Å²) in [5.74, 6) is 1.37. The lowest BCUT2D eigenvalue weighted by Crippen LogP contribution is -2.30. The van der Waals surface area contributed by atoms with Gasteiger partial charge in [-0.25, -0.2) is 0 Å². The molecule has 7 nitrogen and oxygen atoms in total. The van der Waals surface area contributed by atoms with Crippen molar-refractivity contribution in [3.8, 4) is 11.4 Å². The van der Waals surface area contributed by atoms with Gasteiger partial charge in [0.2, 0.25) is 5.91 Å². The summed E-state index contributed by atoms with van der Waals surface area (Å²) in [4.78, 5) is 16.6. The van der Waals surface area contributed by atoms with Crippen molar-refractivity contribution in [2.24, 2.45) is 0 Å². The van der Waals surface area contributed by atoms with Crippen LogP contribution in [0.25, 0.3) is 11.4 Å². The molecule has 0 spiro atoms. The standard InChI is InChI=1S/C22H21N5O2S/c1-16(21(28)24-14-19-8-5-13-29-19)30-22-26-25-20(18-9-11-23-12-10-18)27(22)15-17-6-3-2-4-7-17/h2-13,16H,14-15H2,1H3,(H,24,28)/t16-/m0/s1. The molecule has 152 valence electrons. The van der Waals surface area contributed by atoms with E-state index in [0.29, 0.717) is 24.0 Å². The average Bonchev–Trinajstić information content (AvgIpc) is 3.44. The summed E-state index contributed by atoms with van der Waals surface area (Å²) >= 11 is 1.38. The van der Waals surface area contributed by atoms with Gasteiger partial charge in [-0.1, -0.05) is 42.1 Å². The minimum absolute atomic E-state index is 0.0869. The lowest BCUT2D eigenvalue weighted by atomic mass is 10.2. The average molecular weight is 420 g/mol. The quantitative estimate of drug-likeness (QED) is 0.438. The summed E-state index contributed by atoms with van der Waals surface area (Å²) in [6.07, 6.45) is 5.05. The molecule has 0 unspecified atom stereocenters. The molecule has 4 aromatic rings. The van der Waals surface area contributed by atoms with Crippen molar-refractivity contribution in [1.82, 2.24) is 25.1 Å². The van der Waals surface area contributed by atoms with Gasteiger partial charge >= 0.3 is 0 Å². The fourth-order valence-electron chi connectivity index (χ4n) is 2.94. The van der Waals surface area contributed by atoms with E-state index in [1.165, 1.54) is 11.8 Å². The number of carbonyl (C=O) groups excluding carboxylic acids is 1. The molecule has 0 aliphatic heterocycles. The molecule has 0 aliphatic carbocycles. The van der Waals surface area contributed by atoms with Gasteiger partial charge in [-0.3, -0.25) is 14.3 Å². The van der Waals surface area contributed by atoms with Crippen molar-refractivity contribution in [1.29, 1.82) is 0 Å². The Labute approximate surface area is 178 Å². The Morgan fingerprint density at radius 1 is 1.10 bits per heavy atom. The maximum Gasteiger partial charge on any atom is 0.233 e. The number of hydrogen-bond acceptors (Lipinski definition) is 6. The summed E-state index contributed by atoms with van der Waals surface area (Å²) in [5, 5.41) is 12.0. The smallest absolute Gasteiger partial charge is 0.233 e.